The van der Waals surface area contributed by atoms with Crippen LogP contribution in [0.5, 0.6) is 0 Å². The quantitative estimate of drug-likeness (QED) is 0.884. The van der Waals surface area contributed by atoms with Crippen LogP contribution < -0.4 is 5.32 Å². The smallest absolute Gasteiger partial charge is 0.229 e. The van der Waals surface area contributed by atoms with Crippen molar-refractivity contribution in [1.82, 2.24) is 9.80 Å². The van der Waals surface area contributed by atoms with E-state index in [9.17, 15) is 9.59 Å². The normalized spacial score (nSPS) is 22.0. The lowest BCUT2D eigenvalue weighted by Crippen LogP contribution is -2.35. The third-order valence-electron chi connectivity index (χ3n) is 4.67. The minimum Gasteiger partial charge on any atom is -0.379 e. The third kappa shape index (κ3) is 4.13. The number of hydrogen-bond acceptors (Lipinski definition) is 4. The van der Waals surface area contributed by atoms with E-state index >= 15 is 0 Å². The van der Waals surface area contributed by atoms with Crippen molar-refractivity contribution in [1.29, 1.82) is 0 Å². The van der Waals surface area contributed by atoms with Crippen LogP contribution in [0.15, 0.2) is 24.3 Å². The zero-order valence-electron chi connectivity index (χ0n) is 14.2. The number of nitrogens with one attached hydrogen (secondary N) is 1. The van der Waals surface area contributed by atoms with Crippen LogP contribution in [-0.4, -0.2) is 61.0 Å². The molecule has 2 aliphatic heterocycles. The first-order valence-electron chi connectivity index (χ1n) is 8.63. The summed E-state index contributed by atoms with van der Waals surface area (Å²) >= 11 is 0. The molecule has 3 rings (SSSR count). The fourth-order valence-corrected chi connectivity index (χ4v) is 3.26. The molecule has 2 fully saturated rings. The van der Waals surface area contributed by atoms with Crippen molar-refractivity contribution < 1.29 is 14.3 Å². The highest BCUT2D eigenvalue weighted by molar-refractivity contribution is 5.97. The molecule has 1 aromatic rings. The highest BCUT2D eigenvalue weighted by Crippen LogP contribution is 2.20. The van der Waals surface area contributed by atoms with Crippen molar-refractivity contribution in [2.24, 2.45) is 5.92 Å². The first-order valence-corrected chi connectivity index (χ1v) is 8.63. The molecule has 2 amide bonds. The topological polar surface area (TPSA) is 61.9 Å². The summed E-state index contributed by atoms with van der Waals surface area (Å²) in [6.45, 7) is 7.42. The van der Waals surface area contributed by atoms with E-state index in [1.165, 1.54) is 5.56 Å². The molecule has 1 atom stereocenters. The molecule has 2 aliphatic rings. The number of hydrogen-bond donors (Lipinski definition) is 1. The molecule has 0 bridgehead atoms. The molecule has 1 aromatic carbocycles. The van der Waals surface area contributed by atoms with E-state index in [2.05, 4.69) is 16.3 Å². The predicted octanol–water partition coefficient (Wildman–Crippen LogP) is 1.33. The lowest BCUT2D eigenvalue weighted by atomic mass is 10.1. The Morgan fingerprint density at radius 2 is 2.12 bits per heavy atom. The first kappa shape index (κ1) is 16.9. The Hall–Kier alpha value is -1.92. The van der Waals surface area contributed by atoms with Crippen LogP contribution in [0, 0.1) is 5.92 Å². The van der Waals surface area contributed by atoms with Crippen LogP contribution in [0.1, 0.15) is 18.9 Å². The standard InChI is InChI=1S/C18H25N3O3/c1-2-21-13-15(11-17(21)22)18(23)19-16-5-3-4-14(10-16)12-20-6-8-24-9-7-20/h3-5,10,15H,2,6-9,11-13H2,1H3,(H,19,23). The molecule has 2 saturated heterocycles. The van der Waals surface area contributed by atoms with E-state index in [1.807, 2.05) is 25.1 Å². The van der Waals surface area contributed by atoms with Gasteiger partial charge >= 0.3 is 0 Å². The minimum atomic E-state index is -0.250. The Kier molecular flexibility index (Phi) is 5.48. The molecule has 1 N–H and O–H groups in total. The molecule has 2 heterocycles. The summed E-state index contributed by atoms with van der Waals surface area (Å²) in [5.41, 5.74) is 1.97. The van der Waals surface area contributed by atoms with Crippen LogP contribution in [0.3, 0.4) is 0 Å². The second-order valence-electron chi connectivity index (χ2n) is 6.41. The number of carbonyl (C=O) groups excluding carboxylic acids is 2. The fourth-order valence-electron chi connectivity index (χ4n) is 3.26. The molecule has 0 saturated carbocycles. The van der Waals surface area contributed by atoms with Gasteiger partial charge in [0.1, 0.15) is 0 Å². The Balaban J connectivity index is 1.58. The SMILES string of the molecule is CCN1CC(C(=O)Nc2cccc(CN3CCOCC3)c2)CC1=O. The lowest BCUT2D eigenvalue weighted by Gasteiger charge is -2.26. The number of anilines is 1. The number of ether oxygens (including phenoxy) is 1. The van der Waals surface area contributed by atoms with Gasteiger partial charge in [-0.05, 0) is 24.6 Å². The van der Waals surface area contributed by atoms with Gasteiger partial charge in [-0.2, -0.15) is 0 Å². The largest absolute Gasteiger partial charge is 0.379 e. The van der Waals surface area contributed by atoms with E-state index in [1.54, 1.807) is 4.90 Å². The van der Waals surface area contributed by atoms with E-state index in [-0.39, 0.29) is 17.7 Å². The predicted molar refractivity (Wildman–Crippen MR) is 91.5 cm³/mol. The van der Waals surface area contributed by atoms with Gasteiger partial charge in [0, 0.05) is 44.8 Å². The molecular weight excluding hydrogens is 306 g/mol. The molecular formula is C18H25N3O3. The van der Waals surface area contributed by atoms with Crippen molar-refractivity contribution in [2.75, 3.05) is 44.7 Å². The minimum absolute atomic E-state index is 0.0668. The highest BCUT2D eigenvalue weighted by Gasteiger charge is 2.33. The van der Waals surface area contributed by atoms with E-state index in [0.717, 1.165) is 38.5 Å². The summed E-state index contributed by atoms with van der Waals surface area (Å²) in [7, 11) is 0. The molecule has 0 aromatic heterocycles. The van der Waals surface area contributed by atoms with E-state index in [0.29, 0.717) is 19.5 Å². The average Bonchev–Trinajstić information content (AvgIpc) is 2.97. The summed E-state index contributed by atoms with van der Waals surface area (Å²) in [6, 6.07) is 7.95. The van der Waals surface area contributed by atoms with Gasteiger partial charge in [-0.15, -0.1) is 0 Å². The molecule has 6 nitrogen and oxygen atoms in total. The van der Waals surface area contributed by atoms with Crippen LogP contribution >= 0.6 is 0 Å². The molecule has 1 unspecified atom stereocenters. The van der Waals surface area contributed by atoms with Crippen molar-refractivity contribution in [3.63, 3.8) is 0 Å². The molecule has 0 spiro atoms. The Morgan fingerprint density at radius 3 is 2.83 bits per heavy atom. The van der Waals surface area contributed by atoms with Gasteiger partial charge in [-0.3, -0.25) is 14.5 Å². The van der Waals surface area contributed by atoms with Crippen LogP contribution in [0.2, 0.25) is 0 Å². The second-order valence-corrected chi connectivity index (χ2v) is 6.41. The number of carbonyl (C=O) groups is 2. The fraction of sp³-hybridized carbons (Fsp3) is 0.556. The van der Waals surface area contributed by atoms with Crippen LogP contribution in [0.25, 0.3) is 0 Å². The van der Waals surface area contributed by atoms with Gasteiger partial charge in [-0.1, -0.05) is 12.1 Å². The van der Waals surface area contributed by atoms with Crippen molar-refractivity contribution in [3.05, 3.63) is 29.8 Å². The molecule has 6 heteroatoms. The lowest BCUT2D eigenvalue weighted by molar-refractivity contribution is -0.128. The number of benzene rings is 1. The molecule has 0 aliphatic carbocycles. The monoisotopic (exact) mass is 331 g/mol. The maximum atomic E-state index is 12.4. The first-order chi connectivity index (χ1) is 11.7. The average molecular weight is 331 g/mol. The summed E-state index contributed by atoms with van der Waals surface area (Å²) in [5, 5.41) is 2.97. The summed E-state index contributed by atoms with van der Waals surface area (Å²) in [5.74, 6) is -0.248. The second kappa shape index (κ2) is 7.77. The number of nitrogens with zero attached hydrogens (tertiary/aromatic N) is 2. The summed E-state index contributed by atoms with van der Waals surface area (Å²) in [6.07, 6.45) is 0.313. The molecule has 24 heavy (non-hydrogen) atoms. The zero-order chi connectivity index (χ0) is 16.9. The van der Waals surface area contributed by atoms with Gasteiger partial charge in [0.15, 0.2) is 0 Å². The summed E-state index contributed by atoms with van der Waals surface area (Å²) < 4.78 is 5.37. The molecule has 130 valence electrons. The number of morpholine rings is 1. The maximum absolute atomic E-state index is 12.4. The van der Waals surface area contributed by atoms with Crippen molar-refractivity contribution >= 4 is 17.5 Å². The number of rotatable bonds is 5. The highest BCUT2D eigenvalue weighted by atomic mass is 16.5. The van der Waals surface area contributed by atoms with E-state index in [4.69, 9.17) is 4.74 Å². The summed E-state index contributed by atoms with van der Waals surface area (Å²) in [4.78, 5) is 28.3. The van der Waals surface area contributed by atoms with Crippen molar-refractivity contribution in [3.8, 4) is 0 Å². The molecule has 0 radical (unpaired) electrons. The van der Waals surface area contributed by atoms with E-state index < -0.39 is 0 Å². The number of likely N-dealkylation sites (tertiary alicyclic amines) is 1. The Bertz CT molecular complexity index is 599. The third-order valence-corrected chi connectivity index (χ3v) is 4.67. The van der Waals surface area contributed by atoms with Gasteiger partial charge in [0.2, 0.25) is 11.8 Å². The van der Waals surface area contributed by atoms with Gasteiger partial charge in [0.05, 0.1) is 19.1 Å². The Labute approximate surface area is 142 Å². The van der Waals surface area contributed by atoms with Crippen LogP contribution in [0.4, 0.5) is 5.69 Å². The zero-order valence-corrected chi connectivity index (χ0v) is 14.2. The van der Waals surface area contributed by atoms with Gasteiger partial charge in [-0.25, -0.2) is 0 Å². The van der Waals surface area contributed by atoms with Gasteiger partial charge in [0.25, 0.3) is 0 Å². The number of amides is 2. The van der Waals surface area contributed by atoms with Crippen LogP contribution in [-0.2, 0) is 20.9 Å². The maximum Gasteiger partial charge on any atom is 0.229 e. The Morgan fingerprint density at radius 1 is 1.33 bits per heavy atom. The van der Waals surface area contributed by atoms with Gasteiger partial charge < -0.3 is 15.0 Å². The van der Waals surface area contributed by atoms with Crippen molar-refractivity contribution in [2.45, 2.75) is 19.9 Å².